The molecule has 0 fully saturated rings. The molecule has 2 rings (SSSR count). The molecule has 0 saturated carbocycles. The summed E-state index contributed by atoms with van der Waals surface area (Å²) < 4.78 is 0. The third-order valence-corrected chi connectivity index (χ3v) is 3.33. The fourth-order valence-electron chi connectivity index (χ4n) is 2.31. The molecule has 2 aromatic rings. The molecule has 0 atom stereocenters. The summed E-state index contributed by atoms with van der Waals surface area (Å²) in [6.07, 6.45) is 0.842. The highest BCUT2D eigenvalue weighted by molar-refractivity contribution is 5.68. The van der Waals surface area contributed by atoms with Gasteiger partial charge in [0.2, 0.25) is 0 Å². The fourth-order valence-corrected chi connectivity index (χ4v) is 2.31. The van der Waals surface area contributed by atoms with E-state index in [4.69, 9.17) is 5.90 Å². The second-order valence-corrected chi connectivity index (χ2v) is 5.06. The van der Waals surface area contributed by atoms with E-state index in [0.717, 1.165) is 6.42 Å². The second kappa shape index (κ2) is 6.50. The minimum absolute atomic E-state index is 0.509. The summed E-state index contributed by atoms with van der Waals surface area (Å²) in [7, 11) is 0. The average molecular weight is 255 g/mol. The van der Waals surface area contributed by atoms with Gasteiger partial charge in [-0.25, -0.2) is 5.90 Å². The minimum Gasteiger partial charge on any atom is -0.304 e. The Bertz CT molecular complexity index is 520. The molecule has 0 saturated heterocycles. The van der Waals surface area contributed by atoms with E-state index in [0.29, 0.717) is 12.5 Å². The first-order valence-corrected chi connectivity index (χ1v) is 6.72. The lowest BCUT2D eigenvalue weighted by Gasteiger charge is -2.15. The summed E-state index contributed by atoms with van der Waals surface area (Å²) in [5.41, 5.74) is 5.21. The molecule has 2 aromatic carbocycles. The largest absolute Gasteiger partial charge is 0.304 e. The van der Waals surface area contributed by atoms with E-state index in [1.807, 2.05) is 6.07 Å². The van der Waals surface area contributed by atoms with Gasteiger partial charge in [-0.05, 0) is 34.6 Å². The minimum atomic E-state index is 0.509. The molecule has 0 amide bonds. The molecule has 0 radical (unpaired) electrons. The smallest absolute Gasteiger partial charge is 0.0719 e. The van der Waals surface area contributed by atoms with Crippen molar-refractivity contribution in [3.8, 4) is 11.1 Å². The van der Waals surface area contributed by atoms with Crippen molar-refractivity contribution in [1.29, 1.82) is 0 Å². The normalized spacial score (nSPS) is 10.9. The predicted molar refractivity (Wildman–Crippen MR) is 79.8 cm³/mol. The van der Waals surface area contributed by atoms with Crippen LogP contribution >= 0.6 is 0 Å². The van der Waals surface area contributed by atoms with Crippen LogP contribution in [-0.4, -0.2) is 6.61 Å². The first kappa shape index (κ1) is 13.8. The van der Waals surface area contributed by atoms with Gasteiger partial charge < -0.3 is 4.84 Å². The molecule has 19 heavy (non-hydrogen) atoms. The van der Waals surface area contributed by atoms with Gasteiger partial charge in [-0.15, -0.1) is 0 Å². The average Bonchev–Trinajstić information content (AvgIpc) is 2.45. The Balaban J connectivity index is 2.42. The topological polar surface area (TPSA) is 35.2 Å². The third kappa shape index (κ3) is 3.43. The Morgan fingerprint density at radius 2 is 1.79 bits per heavy atom. The zero-order chi connectivity index (χ0) is 13.7. The second-order valence-electron chi connectivity index (χ2n) is 5.06. The molecule has 2 N–H and O–H groups in total. The van der Waals surface area contributed by atoms with Crippen molar-refractivity contribution >= 4 is 0 Å². The van der Waals surface area contributed by atoms with Gasteiger partial charge in [0.15, 0.2) is 0 Å². The summed E-state index contributed by atoms with van der Waals surface area (Å²) >= 11 is 0. The van der Waals surface area contributed by atoms with Gasteiger partial charge in [0, 0.05) is 0 Å². The summed E-state index contributed by atoms with van der Waals surface area (Å²) in [5, 5.41) is 0. The van der Waals surface area contributed by atoms with Crippen LogP contribution in [0.2, 0.25) is 0 Å². The van der Waals surface area contributed by atoms with Crippen LogP contribution in [0.3, 0.4) is 0 Å². The number of benzene rings is 2. The molecular weight excluding hydrogens is 234 g/mol. The highest BCUT2D eigenvalue weighted by atomic mass is 16.6. The van der Waals surface area contributed by atoms with Crippen molar-refractivity contribution in [1.82, 2.24) is 0 Å². The summed E-state index contributed by atoms with van der Waals surface area (Å²) in [4.78, 5) is 4.67. The zero-order valence-electron chi connectivity index (χ0n) is 11.6. The maximum absolute atomic E-state index is 5.10. The predicted octanol–water partition coefficient (Wildman–Crippen LogP) is 3.91. The van der Waals surface area contributed by atoms with Crippen molar-refractivity contribution in [3.05, 3.63) is 59.7 Å². The van der Waals surface area contributed by atoms with Crippen LogP contribution < -0.4 is 5.90 Å². The number of hydrogen-bond acceptors (Lipinski definition) is 2. The van der Waals surface area contributed by atoms with E-state index >= 15 is 0 Å². The van der Waals surface area contributed by atoms with E-state index in [2.05, 4.69) is 61.1 Å². The lowest BCUT2D eigenvalue weighted by Crippen LogP contribution is -2.04. The summed E-state index contributed by atoms with van der Waals surface area (Å²) in [6, 6.07) is 17.2. The van der Waals surface area contributed by atoms with E-state index in [9.17, 15) is 0 Å². The fraction of sp³-hybridized carbons (Fsp3) is 0.294. The number of hydrogen-bond donors (Lipinski definition) is 1. The van der Waals surface area contributed by atoms with E-state index in [-0.39, 0.29) is 0 Å². The molecule has 100 valence electrons. The molecule has 2 nitrogen and oxygen atoms in total. The monoisotopic (exact) mass is 255 g/mol. The maximum atomic E-state index is 5.10. The molecule has 0 spiro atoms. The summed E-state index contributed by atoms with van der Waals surface area (Å²) in [6.45, 7) is 5.00. The quantitative estimate of drug-likeness (QED) is 0.822. The van der Waals surface area contributed by atoms with Crippen LogP contribution in [0.25, 0.3) is 11.1 Å². The highest BCUT2D eigenvalue weighted by Gasteiger charge is 2.09. The molecule has 0 bridgehead atoms. The maximum Gasteiger partial charge on any atom is 0.0719 e. The van der Waals surface area contributed by atoms with Crippen LogP contribution in [0.4, 0.5) is 0 Å². The van der Waals surface area contributed by atoms with Crippen molar-refractivity contribution in [3.63, 3.8) is 0 Å². The van der Waals surface area contributed by atoms with Crippen molar-refractivity contribution < 1.29 is 4.84 Å². The van der Waals surface area contributed by atoms with E-state index < -0.39 is 0 Å². The van der Waals surface area contributed by atoms with Crippen LogP contribution in [0.5, 0.6) is 0 Å². The Morgan fingerprint density at radius 3 is 2.42 bits per heavy atom. The SMILES string of the molecule is CC(C)c1ccc(CCON)cc1-c1ccccc1. The number of nitrogens with two attached hydrogens (primary N) is 1. The van der Waals surface area contributed by atoms with E-state index in [1.165, 1.54) is 22.3 Å². The number of rotatable bonds is 5. The molecule has 0 aliphatic heterocycles. The molecule has 0 unspecified atom stereocenters. The van der Waals surface area contributed by atoms with Crippen molar-refractivity contribution in [2.75, 3.05) is 6.61 Å². The first-order chi connectivity index (χ1) is 9.22. The Kier molecular flexibility index (Phi) is 4.72. The third-order valence-electron chi connectivity index (χ3n) is 3.33. The standard InChI is InChI=1S/C17H21NO/c1-13(2)16-9-8-14(10-11-19-18)12-17(16)15-6-4-3-5-7-15/h3-9,12-13H,10-11,18H2,1-2H3. The molecule has 0 heterocycles. The van der Waals surface area contributed by atoms with Crippen LogP contribution in [0, 0.1) is 0 Å². The van der Waals surface area contributed by atoms with E-state index in [1.54, 1.807) is 0 Å². The van der Waals surface area contributed by atoms with Gasteiger partial charge >= 0.3 is 0 Å². The Labute approximate surface area is 115 Å². The molecular formula is C17H21NO. The molecule has 0 aromatic heterocycles. The van der Waals surface area contributed by atoms with Gasteiger partial charge in [0.25, 0.3) is 0 Å². The highest BCUT2D eigenvalue weighted by Crippen LogP contribution is 2.30. The molecule has 0 aliphatic rings. The van der Waals surface area contributed by atoms with Crippen LogP contribution in [-0.2, 0) is 11.3 Å². The van der Waals surface area contributed by atoms with Crippen molar-refractivity contribution in [2.45, 2.75) is 26.2 Å². The van der Waals surface area contributed by atoms with Gasteiger partial charge in [-0.3, -0.25) is 0 Å². The first-order valence-electron chi connectivity index (χ1n) is 6.72. The molecule has 2 heteroatoms. The van der Waals surface area contributed by atoms with Gasteiger partial charge in [0.1, 0.15) is 0 Å². The van der Waals surface area contributed by atoms with Gasteiger partial charge in [0.05, 0.1) is 6.61 Å². The summed E-state index contributed by atoms with van der Waals surface area (Å²) in [5.74, 6) is 5.61. The lowest BCUT2D eigenvalue weighted by atomic mass is 9.90. The Morgan fingerprint density at radius 1 is 1.05 bits per heavy atom. The lowest BCUT2D eigenvalue weighted by molar-refractivity contribution is 0.141. The van der Waals surface area contributed by atoms with Crippen molar-refractivity contribution in [2.24, 2.45) is 5.90 Å². The van der Waals surface area contributed by atoms with Gasteiger partial charge in [-0.2, -0.15) is 0 Å². The van der Waals surface area contributed by atoms with Gasteiger partial charge in [-0.1, -0.05) is 62.4 Å². The van der Waals surface area contributed by atoms with Crippen LogP contribution in [0.15, 0.2) is 48.5 Å². The Hall–Kier alpha value is -1.64. The van der Waals surface area contributed by atoms with Crippen LogP contribution in [0.1, 0.15) is 30.9 Å². The zero-order valence-corrected chi connectivity index (χ0v) is 11.6. The molecule has 0 aliphatic carbocycles.